The first kappa shape index (κ1) is 29.7. The fourth-order valence-corrected chi connectivity index (χ4v) is 3.25. The first-order valence-corrected chi connectivity index (χ1v) is 22.3. The summed E-state index contributed by atoms with van der Waals surface area (Å²) in [4.78, 5) is 18.0. The summed E-state index contributed by atoms with van der Waals surface area (Å²) in [6, 6.07) is 0. The van der Waals surface area contributed by atoms with E-state index in [-0.39, 0.29) is 11.7 Å². The van der Waals surface area contributed by atoms with Crippen LogP contribution in [0.5, 0.6) is 0 Å². The number of rotatable bonds is 17. The Morgan fingerprint density at radius 2 is 1.19 bits per heavy atom. The zero-order valence-corrected chi connectivity index (χ0v) is 22.9. The van der Waals surface area contributed by atoms with Crippen LogP contribution in [0.2, 0.25) is 14.8 Å². The van der Waals surface area contributed by atoms with Gasteiger partial charge in [0.25, 0.3) is 0 Å². The van der Waals surface area contributed by atoms with Crippen LogP contribution in [0.1, 0.15) is 96.8 Å². The number of hydrogen-bond acceptors (Lipinski definition) is 3. The summed E-state index contributed by atoms with van der Waals surface area (Å²) < 4.78 is 0. The van der Waals surface area contributed by atoms with Crippen LogP contribution in [0.15, 0.2) is 12.2 Å². The second-order valence-corrected chi connectivity index (χ2v) is 19.1. The molecule has 0 heterocycles. The Balaban J connectivity index is 0. The van der Waals surface area contributed by atoms with Crippen LogP contribution in [-0.4, -0.2) is 42.3 Å². The predicted octanol–water partition coefficient (Wildman–Crippen LogP) is 7.38. The fraction of sp³-hybridized carbons (Fsp3) is 0.870. The van der Waals surface area contributed by atoms with Gasteiger partial charge in [-0.25, -0.2) is 0 Å². The number of carbonyl (C=O) groups excluding carboxylic acids is 1. The molecule has 1 N–H and O–H groups in total. The van der Waals surface area contributed by atoms with Gasteiger partial charge in [0.1, 0.15) is 6.61 Å². The van der Waals surface area contributed by atoms with Crippen LogP contribution >= 0.6 is 11.8 Å². The number of unbranched alkanes of at least 4 members (excludes halogenated alkanes) is 12. The van der Waals surface area contributed by atoms with E-state index in [0.29, 0.717) is 0 Å². The molecule has 0 saturated heterocycles. The Bertz CT molecular complexity index is 317. The zero-order valence-electron chi connectivity index (χ0n) is 18.8. The van der Waals surface area contributed by atoms with E-state index >= 15 is 0 Å². The molecule has 0 rings (SSSR count). The van der Waals surface area contributed by atoms with Crippen molar-refractivity contribution in [1.82, 2.24) is 0 Å². The molecule has 0 aromatic heterocycles. The van der Waals surface area contributed by atoms with Gasteiger partial charge in [-0.05, 0) is 32.1 Å². The number of thioether (sulfide) groups is 1. The van der Waals surface area contributed by atoms with E-state index in [1.54, 1.807) is 0 Å². The molecule has 27 heavy (non-hydrogen) atoms. The summed E-state index contributed by atoms with van der Waals surface area (Å²) in [5.41, 5.74) is 0. The van der Waals surface area contributed by atoms with Gasteiger partial charge in [0.15, 0.2) is 0 Å². The van der Waals surface area contributed by atoms with E-state index in [4.69, 9.17) is 5.11 Å². The fourth-order valence-electron chi connectivity index (χ4n) is 2.58. The van der Waals surface area contributed by atoms with Gasteiger partial charge in [0.05, 0.1) is 0 Å². The van der Waals surface area contributed by atoms with Crippen LogP contribution in [0.3, 0.4) is 0 Å². The Hall–Kier alpha value is 0.519. The number of allylic oxidation sites excluding steroid dienone is 2. The maximum absolute atomic E-state index is 10.9. The van der Waals surface area contributed by atoms with Crippen molar-refractivity contribution in [3.05, 3.63) is 12.2 Å². The van der Waals surface area contributed by atoms with Crippen molar-refractivity contribution >= 4 is 36.6 Å². The molecule has 0 aliphatic heterocycles. The molecule has 0 fully saturated rings. The van der Waals surface area contributed by atoms with Crippen molar-refractivity contribution in [3.63, 3.8) is 0 Å². The van der Waals surface area contributed by atoms with E-state index in [1.165, 1.54) is 95.2 Å². The van der Waals surface area contributed by atoms with Gasteiger partial charge in [-0.1, -0.05) is 88.6 Å². The average Bonchev–Trinajstić information content (AvgIpc) is 2.63. The van der Waals surface area contributed by atoms with Crippen molar-refractivity contribution in [3.8, 4) is 0 Å². The minimum absolute atomic E-state index is 0.0993. The van der Waals surface area contributed by atoms with E-state index in [9.17, 15) is 4.79 Å². The van der Waals surface area contributed by atoms with E-state index in [2.05, 4.69) is 33.9 Å². The maximum atomic E-state index is 10.9. The Kier molecular flexibility index (Phi) is 29.2. The van der Waals surface area contributed by atoms with Crippen molar-refractivity contribution in [2.24, 2.45) is 0 Å². The third kappa shape index (κ3) is 34.4. The van der Waals surface area contributed by atoms with Crippen molar-refractivity contribution in [2.75, 3.05) is 12.4 Å². The van der Waals surface area contributed by atoms with E-state index in [0.717, 1.165) is 12.2 Å². The Morgan fingerprint density at radius 1 is 0.778 bits per heavy atom. The quantitative estimate of drug-likeness (QED) is 0.127. The Morgan fingerprint density at radius 3 is 1.63 bits per heavy atom. The second kappa shape index (κ2) is 26.5. The molecule has 162 valence electrons. The SMILES string of the molecule is CCCCCCCC/C=C\CCCCCCCCSC(=O)CO.[CH3][SnH]([CH3])[CH3]. The molecular weight excluding hydrogens is 459 g/mol. The van der Waals surface area contributed by atoms with Crippen molar-refractivity contribution in [2.45, 2.75) is 112 Å². The normalized spacial score (nSPS) is 11.0. The molecule has 0 unspecified atom stereocenters. The summed E-state index contributed by atoms with van der Waals surface area (Å²) in [6.07, 6.45) is 23.1. The summed E-state index contributed by atoms with van der Waals surface area (Å²) in [5.74, 6) is 0.862. The second-order valence-electron chi connectivity index (χ2n) is 8.05. The van der Waals surface area contributed by atoms with Crippen LogP contribution in [-0.2, 0) is 4.79 Å². The third-order valence-electron chi connectivity index (χ3n) is 4.05. The molecule has 0 atom stereocenters. The van der Waals surface area contributed by atoms with Gasteiger partial charge in [0, 0.05) is 5.75 Å². The van der Waals surface area contributed by atoms with Gasteiger partial charge >= 0.3 is 34.6 Å². The Labute approximate surface area is 182 Å². The molecule has 0 radical (unpaired) electrons. The molecule has 4 heteroatoms. The number of hydrogen-bond donors (Lipinski definition) is 1. The molecule has 0 bridgehead atoms. The summed E-state index contributed by atoms with van der Waals surface area (Å²) in [7, 11) is 0. The molecule has 2 nitrogen and oxygen atoms in total. The molecular formula is C23H48O2SSn. The molecule has 0 amide bonds. The van der Waals surface area contributed by atoms with Crippen molar-refractivity contribution < 1.29 is 9.90 Å². The average molecular weight is 507 g/mol. The summed E-state index contributed by atoms with van der Waals surface area (Å²) in [6.45, 7) is 1.94. The summed E-state index contributed by atoms with van der Waals surface area (Å²) >= 11 is 0.628. The van der Waals surface area contributed by atoms with Gasteiger partial charge < -0.3 is 5.11 Å². The summed E-state index contributed by atoms with van der Waals surface area (Å²) in [5, 5.41) is 8.49. The van der Waals surface area contributed by atoms with Gasteiger partial charge in [-0.2, -0.15) is 0 Å². The van der Waals surface area contributed by atoms with Crippen LogP contribution < -0.4 is 0 Å². The van der Waals surface area contributed by atoms with Crippen LogP contribution in [0.25, 0.3) is 0 Å². The molecule has 0 aliphatic carbocycles. The predicted molar refractivity (Wildman–Crippen MR) is 129 cm³/mol. The van der Waals surface area contributed by atoms with Crippen molar-refractivity contribution in [1.29, 1.82) is 0 Å². The van der Waals surface area contributed by atoms with E-state index in [1.807, 2.05) is 0 Å². The first-order valence-electron chi connectivity index (χ1n) is 11.5. The topological polar surface area (TPSA) is 37.3 Å². The zero-order chi connectivity index (χ0) is 20.6. The van der Waals surface area contributed by atoms with Crippen LogP contribution in [0.4, 0.5) is 0 Å². The standard InChI is InChI=1S/C20H38O2S.3CH3.Sn.H/c1-2-3-4-5-6-7-8-9-10-11-12-13-14-15-16-17-18-23-20(22)19-21;;;;;/h9-10,21H,2-8,11-19H2,1H3;3*1H3;;/b10-9-;;;;;. The van der Waals surface area contributed by atoms with E-state index < -0.39 is 19.8 Å². The number of aliphatic hydroxyl groups excluding tert-OH is 1. The molecule has 0 aromatic rings. The first-order chi connectivity index (χ1) is 13.0. The van der Waals surface area contributed by atoms with Gasteiger partial charge in [-0.15, -0.1) is 0 Å². The van der Waals surface area contributed by atoms with Gasteiger partial charge in [0.2, 0.25) is 5.12 Å². The molecule has 0 aliphatic rings. The number of carbonyl (C=O) groups is 1. The monoisotopic (exact) mass is 508 g/mol. The third-order valence-corrected chi connectivity index (χ3v) is 4.99. The number of aliphatic hydroxyl groups is 1. The van der Waals surface area contributed by atoms with Crippen LogP contribution in [0, 0.1) is 0 Å². The minimum atomic E-state index is -0.637. The van der Waals surface area contributed by atoms with Gasteiger partial charge in [-0.3, -0.25) is 4.79 Å². The molecule has 0 spiro atoms. The molecule has 0 saturated carbocycles. The molecule has 0 aromatic carbocycles.